The number of hydrogen-bond donors (Lipinski definition) is 0. The van der Waals surface area contributed by atoms with Crippen LogP contribution < -0.4 is 4.90 Å². The Hall–Kier alpha value is -7.03. The predicted molar refractivity (Wildman–Crippen MR) is 224 cm³/mol. The molecule has 0 amide bonds. The van der Waals surface area contributed by atoms with E-state index >= 15 is 0 Å². The van der Waals surface area contributed by atoms with Crippen molar-refractivity contribution in [2.24, 2.45) is 0 Å². The fraction of sp³-hybridized carbons (Fsp3) is 0. The molecule has 11 rings (SSSR count). The maximum atomic E-state index is 5.00. The van der Waals surface area contributed by atoms with Crippen LogP contribution in [-0.2, 0) is 0 Å². The first-order valence-electron chi connectivity index (χ1n) is 18.2. The van der Waals surface area contributed by atoms with Crippen LogP contribution >= 0.6 is 0 Å². The summed E-state index contributed by atoms with van der Waals surface area (Å²) >= 11 is 0. The Morgan fingerprint density at radius 1 is 0.340 bits per heavy atom. The average Bonchev–Trinajstić information content (AvgIpc) is 3.24. The minimum atomic E-state index is 0.998. The van der Waals surface area contributed by atoms with Gasteiger partial charge >= 0.3 is 0 Å². The van der Waals surface area contributed by atoms with Gasteiger partial charge in [0, 0.05) is 22.8 Å². The standard InChI is InChI=1S/C51H32N2/c1-2-12-33(13-3-1)39-29-38-17-10-23-48-50(38)47(32-39)51-49(24-11-27-52-51)53(48)40-18-9-16-36(30-40)34-14-8-15-35(28-34)37-25-26-45-43-21-5-4-19-41(43)42-20-6-7-22-44(42)46(45)31-37/h1-32H. The number of fused-ring (bicyclic) bond motifs is 8. The van der Waals surface area contributed by atoms with Gasteiger partial charge in [0.2, 0.25) is 0 Å². The molecule has 0 radical (unpaired) electrons. The lowest BCUT2D eigenvalue weighted by Crippen LogP contribution is -2.15. The van der Waals surface area contributed by atoms with Gasteiger partial charge in [0.15, 0.2) is 0 Å². The molecule has 2 heteroatoms. The molecule has 9 aromatic carbocycles. The largest absolute Gasteiger partial charge is 0.308 e. The minimum absolute atomic E-state index is 0.998. The van der Waals surface area contributed by atoms with Gasteiger partial charge in [0.05, 0.1) is 17.1 Å². The predicted octanol–water partition coefficient (Wildman–Crippen LogP) is 14.1. The van der Waals surface area contributed by atoms with Gasteiger partial charge in [-0.05, 0) is 126 Å². The molecule has 0 fully saturated rings. The van der Waals surface area contributed by atoms with Crippen molar-refractivity contribution in [3.63, 3.8) is 0 Å². The van der Waals surface area contributed by atoms with E-state index in [9.17, 15) is 0 Å². The van der Waals surface area contributed by atoms with E-state index in [4.69, 9.17) is 4.98 Å². The Bertz CT molecular complexity index is 3030. The summed E-state index contributed by atoms with van der Waals surface area (Å²) in [7, 11) is 0. The molecule has 1 aliphatic heterocycles. The smallest absolute Gasteiger partial charge is 0.0949 e. The Labute approximate surface area is 307 Å². The van der Waals surface area contributed by atoms with Crippen molar-refractivity contribution in [2.45, 2.75) is 0 Å². The number of anilines is 3. The third-order valence-electron chi connectivity index (χ3n) is 11.0. The van der Waals surface area contributed by atoms with Crippen LogP contribution in [0.3, 0.4) is 0 Å². The number of hydrogen-bond acceptors (Lipinski definition) is 2. The summed E-state index contributed by atoms with van der Waals surface area (Å²) in [6.45, 7) is 0. The van der Waals surface area contributed by atoms with Crippen molar-refractivity contribution in [1.29, 1.82) is 0 Å². The summed E-state index contributed by atoms with van der Waals surface area (Å²) in [5.41, 5.74) is 12.7. The van der Waals surface area contributed by atoms with E-state index in [0.717, 1.165) is 17.1 Å². The molecule has 0 atom stereocenters. The number of pyridine rings is 1. The van der Waals surface area contributed by atoms with E-state index in [-0.39, 0.29) is 0 Å². The molecular weight excluding hydrogens is 641 g/mol. The highest BCUT2D eigenvalue weighted by molar-refractivity contribution is 6.25. The normalized spacial score (nSPS) is 12.1. The highest BCUT2D eigenvalue weighted by atomic mass is 15.2. The molecule has 0 spiro atoms. The summed E-state index contributed by atoms with van der Waals surface area (Å²) in [6.07, 6.45) is 1.91. The third kappa shape index (κ3) is 4.70. The van der Waals surface area contributed by atoms with Crippen LogP contribution in [-0.4, -0.2) is 4.98 Å². The van der Waals surface area contributed by atoms with Crippen LogP contribution in [0.15, 0.2) is 194 Å². The summed E-state index contributed by atoms with van der Waals surface area (Å²) in [5.74, 6) is 0. The first-order valence-corrected chi connectivity index (χ1v) is 18.2. The fourth-order valence-corrected chi connectivity index (χ4v) is 8.56. The van der Waals surface area contributed by atoms with Crippen LogP contribution in [0.4, 0.5) is 17.1 Å². The maximum Gasteiger partial charge on any atom is 0.0949 e. The van der Waals surface area contributed by atoms with Gasteiger partial charge < -0.3 is 4.90 Å². The summed E-state index contributed by atoms with van der Waals surface area (Å²) in [5, 5.41) is 10.2. The summed E-state index contributed by atoms with van der Waals surface area (Å²) < 4.78 is 0. The lowest BCUT2D eigenvalue weighted by atomic mass is 9.90. The first-order chi connectivity index (χ1) is 26.3. The number of rotatable bonds is 4. The van der Waals surface area contributed by atoms with Gasteiger partial charge in [-0.15, -0.1) is 0 Å². The average molecular weight is 673 g/mol. The van der Waals surface area contributed by atoms with Gasteiger partial charge in [-0.25, -0.2) is 0 Å². The van der Waals surface area contributed by atoms with Crippen molar-refractivity contribution in [1.82, 2.24) is 4.98 Å². The minimum Gasteiger partial charge on any atom is -0.308 e. The van der Waals surface area contributed by atoms with Gasteiger partial charge in [-0.2, -0.15) is 0 Å². The molecule has 0 saturated heterocycles. The second-order valence-corrected chi connectivity index (χ2v) is 14.0. The Kier molecular flexibility index (Phi) is 6.59. The molecule has 0 unspecified atom stereocenters. The monoisotopic (exact) mass is 672 g/mol. The van der Waals surface area contributed by atoms with Crippen LogP contribution in [0.2, 0.25) is 0 Å². The molecular formula is C51H32N2. The fourth-order valence-electron chi connectivity index (χ4n) is 8.56. The zero-order valence-corrected chi connectivity index (χ0v) is 28.9. The van der Waals surface area contributed by atoms with Crippen molar-refractivity contribution < 1.29 is 0 Å². The Balaban J connectivity index is 1.03. The van der Waals surface area contributed by atoms with Crippen molar-refractivity contribution in [3.8, 4) is 44.6 Å². The zero-order valence-electron chi connectivity index (χ0n) is 28.9. The first kappa shape index (κ1) is 29.7. The van der Waals surface area contributed by atoms with Crippen molar-refractivity contribution in [3.05, 3.63) is 194 Å². The van der Waals surface area contributed by atoms with Gasteiger partial charge in [0.1, 0.15) is 0 Å². The molecule has 1 aliphatic rings. The summed E-state index contributed by atoms with van der Waals surface area (Å²) in [6, 6.07) is 68.5. The van der Waals surface area contributed by atoms with E-state index < -0.39 is 0 Å². The molecule has 246 valence electrons. The van der Waals surface area contributed by atoms with E-state index in [1.54, 1.807) is 0 Å². The van der Waals surface area contributed by atoms with E-state index in [1.165, 1.54) is 87.7 Å². The molecule has 0 N–H and O–H groups in total. The zero-order chi connectivity index (χ0) is 34.9. The maximum absolute atomic E-state index is 5.00. The molecule has 2 nitrogen and oxygen atoms in total. The quantitative estimate of drug-likeness (QED) is 0.173. The molecule has 0 bridgehead atoms. The molecule has 53 heavy (non-hydrogen) atoms. The molecule has 0 saturated carbocycles. The molecule has 2 heterocycles. The van der Waals surface area contributed by atoms with Crippen LogP contribution in [0.1, 0.15) is 0 Å². The van der Waals surface area contributed by atoms with Crippen molar-refractivity contribution in [2.75, 3.05) is 4.90 Å². The van der Waals surface area contributed by atoms with Gasteiger partial charge in [-0.3, -0.25) is 4.98 Å². The van der Waals surface area contributed by atoms with E-state index in [2.05, 4.69) is 187 Å². The van der Waals surface area contributed by atoms with Crippen LogP contribution in [0.5, 0.6) is 0 Å². The second kappa shape index (κ2) is 11.8. The third-order valence-corrected chi connectivity index (χ3v) is 11.0. The Morgan fingerprint density at radius 2 is 0.925 bits per heavy atom. The van der Waals surface area contributed by atoms with Gasteiger partial charge in [-0.1, -0.05) is 133 Å². The number of aromatic nitrogens is 1. The SMILES string of the molecule is c1ccc(-c2cc3c4c(cccc4c2)N(c2cccc(-c4cccc(-c5ccc6c7ccccc7c7ccccc7c6c5)c4)c2)c2cccnc2-3)cc1. The number of nitrogens with zero attached hydrogens (tertiary/aromatic N) is 2. The van der Waals surface area contributed by atoms with Gasteiger partial charge in [0.25, 0.3) is 0 Å². The second-order valence-electron chi connectivity index (χ2n) is 14.0. The van der Waals surface area contributed by atoms with Crippen molar-refractivity contribution >= 4 is 60.2 Å². The molecule has 0 aliphatic carbocycles. The Morgan fingerprint density at radius 3 is 1.68 bits per heavy atom. The highest BCUT2D eigenvalue weighted by Crippen LogP contribution is 2.51. The highest BCUT2D eigenvalue weighted by Gasteiger charge is 2.27. The molecule has 10 aromatic rings. The number of benzene rings is 9. The lowest BCUT2D eigenvalue weighted by molar-refractivity contribution is 1.22. The van der Waals surface area contributed by atoms with E-state index in [0.29, 0.717) is 0 Å². The lowest BCUT2D eigenvalue weighted by Gasteiger charge is -2.33. The summed E-state index contributed by atoms with van der Waals surface area (Å²) in [4.78, 5) is 7.38. The van der Waals surface area contributed by atoms with E-state index in [1.807, 2.05) is 12.3 Å². The topological polar surface area (TPSA) is 16.1 Å². The van der Waals surface area contributed by atoms with Crippen LogP contribution in [0, 0.1) is 0 Å². The molecule has 1 aromatic heterocycles. The van der Waals surface area contributed by atoms with Crippen LogP contribution in [0.25, 0.3) is 87.7 Å².